The number of ketones is 1. The van der Waals surface area contributed by atoms with Gasteiger partial charge in [-0.3, -0.25) is 9.78 Å². The van der Waals surface area contributed by atoms with E-state index >= 15 is 0 Å². The zero-order chi connectivity index (χ0) is 17.1. The lowest BCUT2D eigenvalue weighted by molar-refractivity contribution is 0.0939. The number of aryl methyl sites for hydroxylation is 1. The maximum atomic E-state index is 12.8. The van der Waals surface area contributed by atoms with Crippen LogP contribution in [0.2, 0.25) is 0 Å². The van der Waals surface area contributed by atoms with Gasteiger partial charge < -0.3 is 0 Å². The molecule has 2 heterocycles. The van der Waals surface area contributed by atoms with Gasteiger partial charge in [-0.2, -0.15) is 5.10 Å². The van der Waals surface area contributed by atoms with Crippen LogP contribution in [0.4, 0.5) is 0 Å². The van der Waals surface area contributed by atoms with Gasteiger partial charge in [-0.15, -0.1) is 0 Å². The summed E-state index contributed by atoms with van der Waals surface area (Å²) < 4.78 is 1.80. The van der Waals surface area contributed by atoms with Crippen molar-refractivity contribution < 1.29 is 4.79 Å². The van der Waals surface area contributed by atoms with E-state index in [4.69, 9.17) is 0 Å². The predicted octanol–water partition coefficient (Wildman–Crippen LogP) is 4.34. The maximum absolute atomic E-state index is 12.8. The van der Waals surface area contributed by atoms with Gasteiger partial charge in [0.2, 0.25) is 0 Å². The second kappa shape index (κ2) is 6.79. The number of hydrogen-bond donors (Lipinski definition) is 0. The summed E-state index contributed by atoms with van der Waals surface area (Å²) in [6.07, 6.45) is 8.08. The number of carbonyl (C=O) groups is 1. The zero-order valence-electron chi connectivity index (χ0n) is 14.2. The molecule has 2 aromatic heterocycles. The minimum absolute atomic E-state index is 0.0355. The van der Waals surface area contributed by atoms with E-state index in [1.54, 1.807) is 17.1 Å². The Hall–Kier alpha value is -2.75. The Morgan fingerprint density at radius 3 is 2.58 bits per heavy atom. The van der Waals surface area contributed by atoms with E-state index in [1.807, 2.05) is 56.6 Å². The minimum atomic E-state index is -0.0355. The number of nitrogens with zero attached hydrogens (tertiary/aromatic N) is 3. The molecule has 0 unspecified atom stereocenters. The highest BCUT2D eigenvalue weighted by Crippen LogP contribution is 2.29. The highest BCUT2D eigenvalue weighted by Gasteiger charge is 2.20. The van der Waals surface area contributed by atoms with Crippen molar-refractivity contribution in [3.05, 3.63) is 66.2 Å². The van der Waals surface area contributed by atoms with Crippen LogP contribution < -0.4 is 0 Å². The molecule has 0 N–H and O–H groups in total. The third kappa shape index (κ3) is 3.00. The summed E-state index contributed by atoms with van der Waals surface area (Å²) in [6.45, 7) is 5.97. The summed E-state index contributed by atoms with van der Waals surface area (Å²) in [4.78, 5) is 16.8. The average Bonchev–Trinajstić information content (AvgIpc) is 3.11. The van der Waals surface area contributed by atoms with E-state index in [2.05, 4.69) is 17.0 Å². The number of aromatic nitrogens is 3. The topological polar surface area (TPSA) is 47.8 Å². The number of Topliss-reactive ketones (excluding diaryl/α,β-unsaturated/α-hetero) is 1. The number of hydrogen-bond acceptors (Lipinski definition) is 3. The molecule has 4 nitrogen and oxygen atoms in total. The monoisotopic (exact) mass is 319 g/mol. The van der Waals surface area contributed by atoms with E-state index in [0.717, 1.165) is 34.4 Å². The lowest BCUT2D eigenvalue weighted by Gasteiger charge is -2.14. The molecule has 122 valence electrons. The molecule has 0 aliphatic rings. The molecule has 0 atom stereocenters. The van der Waals surface area contributed by atoms with Crippen molar-refractivity contribution in [2.24, 2.45) is 5.92 Å². The van der Waals surface area contributed by atoms with Gasteiger partial charge in [0.15, 0.2) is 5.78 Å². The Morgan fingerprint density at radius 2 is 1.92 bits per heavy atom. The lowest BCUT2D eigenvalue weighted by Crippen LogP contribution is -2.12. The van der Waals surface area contributed by atoms with Crippen molar-refractivity contribution in [1.29, 1.82) is 0 Å². The van der Waals surface area contributed by atoms with Gasteiger partial charge in [-0.05, 0) is 29.7 Å². The van der Waals surface area contributed by atoms with Gasteiger partial charge in [0.1, 0.15) is 0 Å². The first-order valence-electron chi connectivity index (χ1n) is 8.23. The Bertz CT molecular complexity index is 850. The Labute approximate surface area is 142 Å². The molecule has 0 fully saturated rings. The summed E-state index contributed by atoms with van der Waals surface area (Å²) in [5.41, 5.74) is 4.76. The quantitative estimate of drug-likeness (QED) is 0.657. The highest BCUT2D eigenvalue weighted by atomic mass is 16.1. The van der Waals surface area contributed by atoms with Gasteiger partial charge in [0, 0.05) is 35.6 Å². The van der Waals surface area contributed by atoms with Crippen LogP contribution >= 0.6 is 0 Å². The van der Waals surface area contributed by atoms with Crippen molar-refractivity contribution >= 4 is 5.78 Å². The van der Waals surface area contributed by atoms with E-state index in [9.17, 15) is 4.79 Å². The van der Waals surface area contributed by atoms with E-state index in [-0.39, 0.29) is 11.7 Å². The smallest absolute Gasteiger partial charge is 0.166 e. The first-order chi connectivity index (χ1) is 11.6. The van der Waals surface area contributed by atoms with Crippen molar-refractivity contribution in [3.8, 4) is 16.8 Å². The first kappa shape index (κ1) is 16.1. The van der Waals surface area contributed by atoms with Crippen molar-refractivity contribution in [2.75, 3.05) is 0 Å². The molecule has 0 radical (unpaired) electrons. The third-order valence-electron chi connectivity index (χ3n) is 4.12. The molecule has 0 saturated carbocycles. The van der Waals surface area contributed by atoms with Crippen molar-refractivity contribution in [1.82, 2.24) is 14.8 Å². The largest absolute Gasteiger partial charge is 0.294 e. The van der Waals surface area contributed by atoms with E-state index in [1.165, 1.54) is 0 Å². The van der Waals surface area contributed by atoms with E-state index < -0.39 is 0 Å². The Kier molecular flexibility index (Phi) is 4.56. The van der Waals surface area contributed by atoms with Gasteiger partial charge in [-0.1, -0.05) is 39.0 Å². The summed E-state index contributed by atoms with van der Waals surface area (Å²) in [6, 6.07) is 9.85. The fraction of sp³-hybridized carbons (Fsp3) is 0.250. The standard InChI is InChI=1S/C20H21N3O/c1-4-15-6-5-7-18(19(15)20(24)14(2)3)16-12-22-23(13-16)17-8-10-21-11-9-17/h5-14H,4H2,1-3H3. The molecule has 3 rings (SSSR count). The summed E-state index contributed by atoms with van der Waals surface area (Å²) in [5.74, 6) is 0.144. The van der Waals surface area contributed by atoms with Crippen molar-refractivity contribution in [3.63, 3.8) is 0 Å². The summed E-state index contributed by atoms with van der Waals surface area (Å²) in [7, 11) is 0. The second-order valence-electron chi connectivity index (χ2n) is 6.09. The molecule has 0 saturated heterocycles. The third-order valence-corrected chi connectivity index (χ3v) is 4.12. The highest BCUT2D eigenvalue weighted by molar-refractivity contribution is 6.04. The van der Waals surface area contributed by atoms with Crippen LogP contribution in [-0.4, -0.2) is 20.5 Å². The molecule has 0 bridgehead atoms. The lowest BCUT2D eigenvalue weighted by atomic mass is 9.89. The molecule has 0 aliphatic heterocycles. The number of rotatable bonds is 5. The Balaban J connectivity index is 2.10. The maximum Gasteiger partial charge on any atom is 0.166 e. The van der Waals surface area contributed by atoms with Gasteiger partial charge in [-0.25, -0.2) is 4.68 Å². The summed E-state index contributed by atoms with van der Waals surface area (Å²) >= 11 is 0. The fourth-order valence-corrected chi connectivity index (χ4v) is 2.81. The van der Waals surface area contributed by atoms with Crippen LogP contribution in [-0.2, 0) is 6.42 Å². The van der Waals surface area contributed by atoms with Gasteiger partial charge in [0.25, 0.3) is 0 Å². The molecule has 3 aromatic rings. The van der Waals surface area contributed by atoms with E-state index in [0.29, 0.717) is 0 Å². The molecule has 1 aromatic carbocycles. The number of carbonyl (C=O) groups excluding carboxylic acids is 1. The molecule has 4 heteroatoms. The van der Waals surface area contributed by atoms with Crippen LogP contribution in [0.1, 0.15) is 36.7 Å². The van der Waals surface area contributed by atoms with Crippen molar-refractivity contribution in [2.45, 2.75) is 27.2 Å². The van der Waals surface area contributed by atoms with Gasteiger partial charge >= 0.3 is 0 Å². The van der Waals surface area contributed by atoms with Crippen LogP contribution in [0.3, 0.4) is 0 Å². The molecular formula is C20H21N3O. The van der Waals surface area contributed by atoms with Crippen LogP contribution in [0, 0.1) is 5.92 Å². The first-order valence-corrected chi connectivity index (χ1v) is 8.23. The number of benzene rings is 1. The zero-order valence-corrected chi connectivity index (χ0v) is 14.2. The predicted molar refractivity (Wildman–Crippen MR) is 95.3 cm³/mol. The average molecular weight is 319 g/mol. The normalized spacial score (nSPS) is 11.0. The molecule has 0 amide bonds. The second-order valence-corrected chi connectivity index (χ2v) is 6.09. The minimum Gasteiger partial charge on any atom is -0.294 e. The van der Waals surface area contributed by atoms with Crippen LogP contribution in [0.15, 0.2) is 55.1 Å². The Morgan fingerprint density at radius 1 is 1.17 bits per heavy atom. The molecule has 24 heavy (non-hydrogen) atoms. The summed E-state index contributed by atoms with van der Waals surface area (Å²) in [5, 5.41) is 4.44. The SMILES string of the molecule is CCc1cccc(-c2cnn(-c3ccncc3)c2)c1C(=O)C(C)C. The molecular weight excluding hydrogens is 298 g/mol. The fourth-order valence-electron chi connectivity index (χ4n) is 2.81. The molecule has 0 spiro atoms. The number of pyridine rings is 1. The van der Waals surface area contributed by atoms with Crippen LogP contribution in [0.5, 0.6) is 0 Å². The molecule has 0 aliphatic carbocycles. The van der Waals surface area contributed by atoms with Crippen LogP contribution in [0.25, 0.3) is 16.8 Å². The van der Waals surface area contributed by atoms with Gasteiger partial charge in [0.05, 0.1) is 11.9 Å².